The molecule has 1 saturated heterocycles. The number of nitrogens with one attached hydrogen (secondary N) is 2. The molecule has 1 aromatic rings. The summed E-state index contributed by atoms with van der Waals surface area (Å²) in [5, 5.41) is 6.14. The number of nitrogens with zero attached hydrogens (tertiary/aromatic N) is 2. The fraction of sp³-hybridized carbons (Fsp3) is 0.619. The predicted octanol–water partition coefficient (Wildman–Crippen LogP) is 3.44. The second-order valence-electron chi connectivity index (χ2n) is 7.64. The lowest BCUT2D eigenvalue weighted by molar-refractivity contribution is 0.0963. The van der Waals surface area contributed by atoms with E-state index in [4.69, 9.17) is 4.99 Å². The van der Waals surface area contributed by atoms with E-state index in [1.807, 2.05) is 18.2 Å². The van der Waals surface area contributed by atoms with Crippen LogP contribution in [-0.2, 0) is 6.42 Å². The van der Waals surface area contributed by atoms with Gasteiger partial charge < -0.3 is 15.5 Å². The standard InChI is InChI=1S/C21H32N4O.HI/c1-3-23-20(25-14-12-21(16-25)10-4-5-11-21)24-13-9-17-7-6-8-18(15-17)19(26)22-2;/h6-8,15H,3-5,9-14,16H2,1-2H3,(H,22,26)(H,23,24);1H. The van der Waals surface area contributed by atoms with Crippen LogP contribution >= 0.6 is 24.0 Å². The van der Waals surface area contributed by atoms with E-state index in [9.17, 15) is 4.79 Å². The Morgan fingerprint density at radius 2 is 2.04 bits per heavy atom. The van der Waals surface area contributed by atoms with Crippen molar-refractivity contribution < 1.29 is 4.79 Å². The minimum absolute atomic E-state index is 0. The Bertz CT molecular complexity index is 655. The molecule has 0 radical (unpaired) electrons. The molecule has 1 aromatic carbocycles. The number of rotatable bonds is 5. The van der Waals surface area contributed by atoms with Gasteiger partial charge in [-0.2, -0.15) is 0 Å². The number of carbonyl (C=O) groups excluding carboxylic acids is 1. The quantitative estimate of drug-likeness (QED) is 0.383. The molecule has 1 aliphatic carbocycles. The molecule has 1 amide bonds. The van der Waals surface area contributed by atoms with Gasteiger partial charge in [0.15, 0.2) is 5.96 Å². The van der Waals surface area contributed by atoms with E-state index in [1.165, 1.54) is 32.1 Å². The van der Waals surface area contributed by atoms with Gasteiger partial charge in [-0.3, -0.25) is 9.79 Å². The summed E-state index contributed by atoms with van der Waals surface area (Å²) in [5.74, 6) is 1.02. The number of likely N-dealkylation sites (tertiary alicyclic amines) is 1. The Morgan fingerprint density at radius 3 is 2.74 bits per heavy atom. The van der Waals surface area contributed by atoms with Gasteiger partial charge in [-0.05, 0) is 55.7 Å². The molecule has 6 heteroatoms. The first-order chi connectivity index (χ1) is 12.7. The summed E-state index contributed by atoms with van der Waals surface area (Å²) in [6.07, 6.45) is 7.71. The van der Waals surface area contributed by atoms with Gasteiger partial charge in [0.1, 0.15) is 0 Å². The summed E-state index contributed by atoms with van der Waals surface area (Å²) in [5.41, 5.74) is 2.42. The number of hydrogen-bond donors (Lipinski definition) is 2. The van der Waals surface area contributed by atoms with Crippen molar-refractivity contribution in [1.82, 2.24) is 15.5 Å². The lowest BCUT2D eigenvalue weighted by Gasteiger charge is -2.26. The van der Waals surface area contributed by atoms with Gasteiger partial charge in [-0.15, -0.1) is 24.0 Å². The summed E-state index contributed by atoms with van der Waals surface area (Å²) in [4.78, 5) is 19.1. The van der Waals surface area contributed by atoms with Gasteiger partial charge >= 0.3 is 0 Å². The summed E-state index contributed by atoms with van der Waals surface area (Å²) in [7, 11) is 1.66. The van der Waals surface area contributed by atoms with Crippen molar-refractivity contribution in [1.29, 1.82) is 0 Å². The number of amides is 1. The second kappa shape index (κ2) is 10.3. The predicted molar refractivity (Wildman–Crippen MR) is 122 cm³/mol. The highest BCUT2D eigenvalue weighted by atomic mass is 127. The van der Waals surface area contributed by atoms with Gasteiger partial charge in [-0.25, -0.2) is 0 Å². The van der Waals surface area contributed by atoms with Crippen molar-refractivity contribution in [2.45, 2.75) is 45.4 Å². The van der Waals surface area contributed by atoms with E-state index in [2.05, 4.69) is 28.5 Å². The normalized spacial score (nSPS) is 18.4. The molecule has 2 N–H and O–H groups in total. The zero-order valence-corrected chi connectivity index (χ0v) is 18.9. The van der Waals surface area contributed by atoms with Crippen LogP contribution in [0.2, 0.25) is 0 Å². The zero-order chi connectivity index (χ0) is 18.4. The summed E-state index contributed by atoms with van der Waals surface area (Å²) in [6.45, 7) is 6.05. The van der Waals surface area contributed by atoms with Crippen molar-refractivity contribution >= 4 is 35.8 Å². The molecule has 3 rings (SSSR count). The van der Waals surface area contributed by atoms with E-state index in [1.54, 1.807) is 7.05 Å². The van der Waals surface area contributed by atoms with Crippen LogP contribution in [0.3, 0.4) is 0 Å². The number of carbonyl (C=O) groups is 1. The van der Waals surface area contributed by atoms with Crippen LogP contribution in [0, 0.1) is 5.41 Å². The molecule has 1 spiro atoms. The smallest absolute Gasteiger partial charge is 0.251 e. The topological polar surface area (TPSA) is 56.7 Å². The third-order valence-corrected chi connectivity index (χ3v) is 5.82. The highest BCUT2D eigenvalue weighted by Crippen LogP contribution is 2.45. The highest BCUT2D eigenvalue weighted by Gasteiger charge is 2.41. The van der Waals surface area contributed by atoms with Gasteiger partial charge in [0.25, 0.3) is 5.91 Å². The maximum absolute atomic E-state index is 11.8. The van der Waals surface area contributed by atoms with E-state index < -0.39 is 0 Å². The van der Waals surface area contributed by atoms with Crippen molar-refractivity contribution in [3.05, 3.63) is 35.4 Å². The fourth-order valence-corrected chi connectivity index (χ4v) is 4.38. The van der Waals surface area contributed by atoms with E-state index in [0.717, 1.165) is 44.1 Å². The molecular weight excluding hydrogens is 451 g/mol. The second-order valence-corrected chi connectivity index (χ2v) is 7.64. The van der Waals surface area contributed by atoms with Crippen LogP contribution in [0.5, 0.6) is 0 Å². The SMILES string of the molecule is CCNC(=NCCc1cccc(C(=O)NC)c1)N1CCC2(CCCC2)C1.I. The fourth-order valence-electron chi connectivity index (χ4n) is 4.38. The van der Waals surface area contributed by atoms with Crippen molar-refractivity contribution in [3.8, 4) is 0 Å². The Labute approximate surface area is 180 Å². The van der Waals surface area contributed by atoms with E-state index >= 15 is 0 Å². The molecule has 27 heavy (non-hydrogen) atoms. The average molecular weight is 484 g/mol. The Balaban J connectivity index is 0.00000261. The maximum Gasteiger partial charge on any atom is 0.251 e. The lowest BCUT2D eigenvalue weighted by Crippen LogP contribution is -2.41. The van der Waals surface area contributed by atoms with Crippen molar-refractivity contribution in [3.63, 3.8) is 0 Å². The minimum atomic E-state index is -0.0392. The zero-order valence-electron chi connectivity index (χ0n) is 16.6. The first kappa shape index (κ1) is 22.0. The first-order valence-electron chi connectivity index (χ1n) is 10.00. The third-order valence-electron chi connectivity index (χ3n) is 5.82. The molecule has 2 aliphatic rings. The average Bonchev–Trinajstić information content (AvgIpc) is 3.30. The van der Waals surface area contributed by atoms with Crippen LogP contribution in [0.15, 0.2) is 29.3 Å². The number of guanidine groups is 1. The molecule has 0 atom stereocenters. The van der Waals surface area contributed by atoms with Crippen LogP contribution in [0.4, 0.5) is 0 Å². The molecule has 1 heterocycles. The number of hydrogen-bond acceptors (Lipinski definition) is 2. The summed E-state index contributed by atoms with van der Waals surface area (Å²) >= 11 is 0. The Kier molecular flexibility index (Phi) is 8.38. The molecule has 5 nitrogen and oxygen atoms in total. The highest BCUT2D eigenvalue weighted by molar-refractivity contribution is 14.0. The summed E-state index contributed by atoms with van der Waals surface area (Å²) in [6, 6.07) is 7.82. The Morgan fingerprint density at radius 1 is 1.26 bits per heavy atom. The molecule has 1 saturated carbocycles. The first-order valence-corrected chi connectivity index (χ1v) is 10.00. The Hall–Kier alpha value is -1.31. The third kappa shape index (κ3) is 5.59. The van der Waals surface area contributed by atoms with Gasteiger partial charge in [0, 0.05) is 38.8 Å². The molecule has 0 unspecified atom stereocenters. The monoisotopic (exact) mass is 484 g/mol. The lowest BCUT2D eigenvalue weighted by atomic mass is 9.86. The van der Waals surface area contributed by atoms with Gasteiger partial charge in [0.05, 0.1) is 0 Å². The van der Waals surface area contributed by atoms with Crippen molar-refractivity contribution in [2.75, 3.05) is 33.2 Å². The minimum Gasteiger partial charge on any atom is -0.357 e. The summed E-state index contributed by atoms with van der Waals surface area (Å²) < 4.78 is 0. The van der Waals surface area contributed by atoms with Crippen LogP contribution < -0.4 is 10.6 Å². The molecule has 1 aliphatic heterocycles. The maximum atomic E-state index is 11.8. The molecule has 150 valence electrons. The van der Waals surface area contributed by atoms with Crippen LogP contribution in [0.1, 0.15) is 54.9 Å². The van der Waals surface area contributed by atoms with Gasteiger partial charge in [-0.1, -0.05) is 25.0 Å². The molecule has 0 bridgehead atoms. The molecule has 2 fully saturated rings. The van der Waals surface area contributed by atoms with Crippen LogP contribution in [0.25, 0.3) is 0 Å². The van der Waals surface area contributed by atoms with E-state index in [-0.39, 0.29) is 29.9 Å². The largest absolute Gasteiger partial charge is 0.357 e. The number of halogens is 1. The van der Waals surface area contributed by atoms with Gasteiger partial charge in [0.2, 0.25) is 0 Å². The van der Waals surface area contributed by atoms with Crippen molar-refractivity contribution in [2.24, 2.45) is 10.4 Å². The molecular formula is C21H33IN4O. The number of benzene rings is 1. The molecule has 0 aromatic heterocycles. The number of aliphatic imine (C=N–C) groups is 1. The van der Waals surface area contributed by atoms with E-state index in [0.29, 0.717) is 11.0 Å². The van der Waals surface area contributed by atoms with Crippen LogP contribution in [-0.4, -0.2) is 50.0 Å².